The van der Waals surface area contributed by atoms with E-state index in [9.17, 15) is 4.79 Å². The van der Waals surface area contributed by atoms with Crippen LogP contribution >= 0.6 is 0 Å². The van der Waals surface area contributed by atoms with Crippen molar-refractivity contribution in [2.45, 2.75) is 39.7 Å². The summed E-state index contributed by atoms with van der Waals surface area (Å²) in [6.07, 6.45) is 4.71. The first kappa shape index (κ1) is 16.3. The topological polar surface area (TPSA) is 62.7 Å². The van der Waals surface area contributed by atoms with E-state index in [1.807, 2.05) is 37.5 Å². The molecule has 0 saturated heterocycles. The molecule has 0 unspecified atom stereocenters. The van der Waals surface area contributed by atoms with Crippen LogP contribution in [0.1, 0.15) is 48.1 Å². The predicted octanol–water partition coefficient (Wildman–Crippen LogP) is 3.62. The minimum Gasteiger partial charge on any atom is -0.351 e. The summed E-state index contributed by atoms with van der Waals surface area (Å²) in [6, 6.07) is 8.03. The summed E-state index contributed by atoms with van der Waals surface area (Å²) in [6.45, 7) is 7.83. The number of rotatable bonds is 6. The second kappa shape index (κ2) is 6.91. The van der Waals surface area contributed by atoms with Crippen molar-refractivity contribution in [1.82, 2.24) is 19.9 Å². The molecule has 24 heavy (non-hydrogen) atoms. The van der Waals surface area contributed by atoms with E-state index in [-0.39, 0.29) is 5.91 Å². The van der Waals surface area contributed by atoms with Crippen LogP contribution in [-0.2, 0) is 6.54 Å². The second-order valence-electron chi connectivity index (χ2n) is 6.52. The third kappa shape index (κ3) is 3.50. The van der Waals surface area contributed by atoms with Crippen LogP contribution in [0, 0.1) is 6.92 Å². The number of fused-ring (bicyclic) bond motifs is 1. The minimum atomic E-state index is -0.0569. The van der Waals surface area contributed by atoms with E-state index in [0.717, 1.165) is 29.7 Å². The molecule has 1 amide bonds. The third-order valence-electron chi connectivity index (χ3n) is 4.15. The summed E-state index contributed by atoms with van der Waals surface area (Å²) in [5.74, 6) is 1.44. The van der Waals surface area contributed by atoms with Crippen molar-refractivity contribution in [3.63, 3.8) is 0 Å². The van der Waals surface area contributed by atoms with Crippen LogP contribution in [-0.4, -0.2) is 27.0 Å². The first-order chi connectivity index (χ1) is 11.5. The van der Waals surface area contributed by atoms with E-state index >= 15 is 0 Å². The SMILES string of the molecule is Cc1ccc2[nH]c(C(=O)NCCCn3ccnc3C(C)C)cc2c1. The molecule has 0 aliphatic carbocycles. The maximum absolute atomic E-state index is 12.3. The van der Waals surface area contributed by atoms with Crippen molar-refractivity contribution < 1.29 is 4.79 Å². The quantitative estimate of drug-likeness (QED) is 0.680. The zero-order valence-corrected chi connectivity index (χ0v) is 14.5. The van der Waals surface area contributed by atoms with Gasteiger partial charge in [-0.05, 0) is 31.5 Å². The summed E-state index contributed by atoms with van der Waals surface area (Å²) in [7, 11) is 0. The standard InChI is InChI=1S/C19H24N4O/c1-13(2)18-20-8-10-23(18)9-4-7-21-19(24)17-12-15-11-14(3)5-6-16(15)22-17/h5-6,8,10-13,22H,4,7,9H2,1-3H3,(H,21,24). The first-order valence-electron chi connectivity index (χ1n) is 8.43. The molecule has 1 aromatic carbocycles. The highest BCUT2D eigenvalue weighted by Gasteiger charge is 2.10. The molecule has 0 spiro atoms. The summed E-state index contributed by atoms with van der Waals surface area (Å²) in [4.78, 5) is 19.8. The molecule has 0 aliphatic rings. The number of carbonyl (C=O) groups is 1. The lowest BCUT2D eigenvalue weighted by Crippen LogP contribution is -2.25. The molecule has 3 aromatic rings. The predicted molar refractivity (Wildman–Crippen MR) is 96.3 cm³/mol. The smallest absolute Gasteiger partial charge is 0.267 e. The van der Waals surface area contributed by atoms with Gasteiger partial charge in [-0.2, -0.15) is 0 Å². The average Bonchev–Trinajstić information content (AvgIpc) is 3.17. The molecule has 0 radical (unpaired) electrons. The van der Waals surface area contributed by atoms with Gasteiger partial charge in [-0.15, -0.1) is 0 Å². The average molecular weight is 324 g/mol. The van der Waals surface area contributed by atoms with E-state index in [2.05, 4.69) is 39.8 Å². The first-order valence-corrected chi connectivity index (χ1v) is 8.43. The molecule has 5 heteroatoms. The Labute approximate surface area is 142 Å². The van der Waals surface area contributed by atoms with Crippen molar-refractivity contribution >= 4 is 16.8 Å². The molecule has 0 bridgehead atoms. The lowest BCUT2D eigenvalue weighted by Gasteiger charge is -2.10. The fourth-order valence-corrected chi connectivity index (χ4v) is 2.93. The Bertz CT molecular complexity index is 844. The van der Waals surface area contributed by atoms with Gasteiger partial charge >= 0.3 is 0 Å². The fourth-order valence-electron chi connectivity index (χ4n) is 2.93. The largest absolute Gasteiger partial charge is 0.351 e. The molecular formula is C19H24N4O. The van der Waals surface area contributed by atoms with E-state index in [0.29, 0.717) is 18.2 Å². The molecule has 2 heterocycles. The third-order valence-corrected chi connectivity index (χ3v) is 4.15. The van der Waals surface area contributed by atoms with Crippen molar-refractivity contribution in [1.29, 1.82) is 0 Å². The van der Waals surface area contributed by atoms with Gasteiger partial charge in [0.15, 0.2) is 0 Å². The van der Waals surface area contributed by atoms with E-state index in [4.69, 9.17) is 0 Å². The molecule has 0 atom stereocenters. The summed E-state index contributed by atoms with van der Waals surface area (Å²) in [5.41, 5.74) is 2.79. The van der Waals surface area contributed by atoms with Gasteiger partial charge in [-0.1, -0.05) is 25.5 Å². The molecule has 3 rings (SSSR count). The maximum Gasteiger partial charge on any atom is 0.267 e. The summed E-state index contributed by atoms with van der Waals surface area (Å²) in [5, 5.41) is 4.05. The van der Waals surface area contributed by atoms with Crippen LogP contribution in [0.3, 0.4) is 0 Å². The van der Waals surface area contributed by atoms with Crippen LogP contribution in [0.25, 0.3) is 10.9 Å². The maximum atomic E-state index is 12.3. The van der Waals surface area contributed by atoms with Gasteiger partial charge < -0.3 is 14.9 Å². The molecule has 2 N–H and O–H groups in total. The number of nitrogens with zero attached hydrogens (tertiary/aromatic N) is 2. The van der Waals surface area contributed by atoms with Crippen molar-refractivity contribution in [2.75, 3.05) is 6.54 Å². The van der Waals surface area contributed by atoms with Crippen molar-refractivity contribution in [3.05, 3.63) is 53.7 Å². The molecular weight excluding hydrogens is 300 g/mol. The van der Waals surface area contributed by atoms with Gasteiger partial charge in [0.05, 0.1) is 0 Å². The highest BCUT2D eigenvalue weighted by atomic mass is 16.1. The number of nitrogens with one attached hydrogen (secondary N) is 2. The Balaban J connectivity index is 1.54. The zero-order chi connectivity index (χ0) is 17.1. The zero-order valence-electron chi connectivity index (χ0n) is 14.5. The van der Waals surface area contributed by atoms with Gasteiger partial charge in [0, 0.05) is 42.3 Å². The Hall–Kier alpha value is -2.56. The Kier molecular flexibility index (Phi) is 4.69. The number of carbonyl (C=O) groups excluding carboxylic acids is 1. The number of amides is 1. The number of aromatic nitrogens is 3. The number of imidazole rings is 1. The molecule has 2 aromatic heterocycles. The second-order valence-corrected chi connectivity index (χ2v) is 6.52. The summed E-state index contributed by atoms with van der Waals surface area (Å²) < 4.78 is 2.16. The number of aryl methyl sites for hydroxylation is 2. The Morgan fingerprint density at radius 1 is 1.33 bits per heavy atom. The molecule has 0 saturated carbocycles. The van der Waals surface area contributed by atoms with Crippen LogP contribution < -0.4 is 5.32 Å². The van der Waals surface area contributed by atoms with E-state index in [1.165, 1.54) is 5.56 Å². The van der Waals surface area contributed by atoms with E-state index < -0.39 is 0 Å². The van der Waals surface area contributed by atoms with Crippen LogP contribution in [0.2, 0.25) is 0 Å². The van der Waals surface area contributed by atoms with Gasteiger partial charge in [0.1, 0.15) is 11.5 Å². The minimum absolute atomic E-state index is 0.0569. The number of benzene rings is 1. The normalized spacial score (nSPS) is 11.3. The van der Waals surface area contributed by atoms with Gasteiger partial charge in [-0.25, -0.2) is 4.98 Å². The van der Waals surface area contributed by atoms with Crippen LogP contribution in [0.5, 0.6) is 0 Å². The number of aromatic amines is 1. The molecule has 5 nitrogen and oxygen atoms in total. The highest BCUT2D eigenvalue weighted by molar-refractivity contribution is 5.98. The molecule has 126 valence electrons. The number of H-pyrrole nitrogens is 1. The van der Waals surface area contributed by atoms with Crippen molar-refractivity contribution in [2.24, 2.45) is 0 Å². The molecule has 0 fully saturated rings. The van der Waals surface area contributed by atoms with E-state index in [1.54, 1.807) is 0 Å². The van der Waals surface area contributed by atoms with Gasteiger partial charge in [0.25, 0.3) is 5.91 Å². The monoisotopic (exact) mass is 324 g/mol. The number of hydrogen-bond acceptors (Lipinski definition) is 2. The van der Waals surface area contributed by atoms with Crippen LogP contribution in [0.4, 0.5) is 0 Å². The Morgan fingerprint density at radius 2 is 2.17 bits per heavy atom. The van der Waals surface area contributed by atoms with Gasteiger partial charge in [0.2, 0.25) is 0 Å². The Morgan fingerprint density at radius 3 is 2.96 bits per heavy atom. The lowest BCUT2D eigenvalue weighted by molar-refractivity contribution is 0.0948. The van der Waals surface area contributed by atoms with Gasteiger partial charge in [-0.3, -0.25) is 4.79 Å². The van der Waals surface area contributed by atoms with Crippen molar-refractivity contribution in [3.8, 4) is 0 Å². The lowest BCUT2D eigenvalue weighted by atomic mass is 10.2. The highest BCUT2D eigenvalue weighted by Crippen LogP contribution is 2.17. The summed E-state index contributed by atoms with van der Waals surface area (Å²) >= 11 is 0. The van der Waals surface area contributed by atoms with Crippen LogP contribution in [0.15, 0.2) is 36.7 Å². The number of hydrogen-bond donors (Lipinski definition) is 2. The fraction of sp³-hybridized carbons (Fsp3) is 0.368. The molecule has 0 aliphatic heterocycles.